The number of nitrogens with one attached hydrogen (secondary N) is 2. The van der Waals surface area contributed by atoms with Crippen LogP contribution in [0.15, 0.2) is 49.2 Å². The minimum atomic E-state index is -4.68. The van der Waals surface area contributed by atoms with E-state index in [9.17, 15) is 22.8 Å². The van der Waals surface area contributed by atoms with Gasteiger partial charge in [0, 0.05) is 16.8 Å². The molecule has 0 saturated heterocycles. The molecule has 33 heavy (non-hydrogen) atoms. The van der Waals surface area contributed by atoms with E-state index >= 15 is 0 Å². The number of carbonyl (C=O) groups excluding carboxylic acids is 2. The minimum Gasteiger partial charge on any atom is -0.342 e. The zero-order valence-corrected chi connectivity index (χ0v) is 18.3. The zero-order valence-electron chi connectivity index (χ0n) is 16.8. The van der Waals surface area contributed by atoms with Crippen molar-refractivity contribution < 1.29 is 22.8 Å². The van der Waals surface area contributed by atoms with Crippen molar-refractivity contribution in [1.29, 1.82) is 0 Å². The third-order valence-electron chi connectivity index (χ3n) is 4.20. The summed E-state index contributed by atoms with van der Waals surface area (Å²) in [5.41, 5.74) is -1.35. The number of alkyl halides is 3. The van der Waals surface area contributed by atoms with Crippen LogP contribution >= 0.6 is 23.2 Å². The van der Waals surface area contributed by atoms with Crippen molar-refractivity contribution in [1.82, 2.24) is 25.1 Å². The zero-order chi connectivity index (χ0) is 24.3. The molecular formula is C20H15Cl2F3N6O2. The van der Waals surface area contributed by atoms with Crippen LogP contribution in [0, 0.1) is 0 Å². The van der Waals surface area contributed by atoms with Crippen LogP contribution in [-0.2, 0) is 11.0 Å². The lowest BCUT2D eigenvalue weighted by atomic mass is 10.1. The molecule has 0 bridgehead atoms. The van der Waals surface area contributed by atoms with Gasteiger partial charge in [-0.1, -0.05) is 29.8 Å². The van der Waals surface area contributed by atoms with Gasteiger partial charge >= 0.3 is 6.18 Å². The normalized spacial score (nSPS) is 12.2. The lowest BCUT2D eigenvalue weighted by Crippen LogP contribution is -2.29. The van der Waals surface area contributed by atoms with E-state index in [4.69, 9.17) is 23.2 Å². The van der Waals surface area contributed by atoms with Gasteiger partial charge in [0.15, 0.2) is 11.6 Å². The van der Waals surface area contributed by atoms with Gasteiger partial charge < -0.3 is 5.32 Å². The van der Waals surface area contributed by atoms with Gasteiger partial charge in [-0.15, -0.1) is 5.10 Å². The number of anilines is 1. The molecule has 0 aliphatic carbocycles. The topological polar surface area (TPSA) is 102 Å². The maximum absolute atomic E-state index is 13.1. The van der Waals surface area contributed by atoms with Crippen LogP contribution < -0.4 is 10.6 Å². The molecule has 0 spiro atoms. The van der Waals surface area contributed by atoms with Crippen molar-refractivity contribution in [3.8, 4) is 5.82 Å². The van der Waals surface area contributed by atoms with Crippen molar-refractivity contribution in [2.75, 3.05) is 5.32 Å². The average Bonchev–Trinajstić information content (AvgIpc) is 3.16. The van der Waals surface area contributed by atoms with E-state index in [-0.39, 0.29) is 28.2 Å². The molecule has 2 heterocycles. The van der Waals surface area contributed by atoms with Gasteiger partial charge in [0.1, 0.15) is 0 Å². The summed E-state index contributed by atoms with van der Waals surface area (Å²) in [5, 5.41) is 9.22. The predicted molar refractivity (Wildman–Crippen MR) is 115 cm³/mol. The maximum atomic E-state index is 13.1. The Hall–Kier alpha value is -3.44. The van der Waals surface area contributed by atoms with Gasteiger partial charge in [-0.2, -0.15) is 22.8 Å². The van der Waals surface area contributed by atoms with E-state index in [0.717, 1.165) is 18.2 Å². The highest BCUT2D eigenvalue weighted by atomic mass is 35.5. The van der Waals surface area contributed by atoms with Crippen LogP contribution in [0.5, 0.6) is 0 Å². The largest absolute Gasteiger partial charge is 0.416 e. The summed E-state index contributed by atoms with van der Waals surface area (Å²) in [7, 11) is 0. The smallest absolute Gasteiger partial charge is 0.342 e. The highest BCUT2D eigenvalue weighted by molar-refractivity contribution is 6.31. The Morgan fingerprint density at radius 1 is 1.18 bits per heavy atom. The van der Waals surface area contributed by atoms with Crippen LogP contribution in [0.25, 0.3) is 5.82 Å². The van der Waals surface area contributed by atoms with E-state index < -0.39 is 29.6 Å². The predicted octanol–water partition coefficient (Wildman–Crippen LogP) is 4.60. The molecule has 3 aromatic rings. The van der Waals surface area contributed by atoms with Crippen molar-refractivity contribution in [2.24, 2.45) is 0 Å². The molecule has 0 radical (unpaired) electrons. The molecule has 172 valence electrons. The summed E-state index contributed by atoms with van der Waals surface area (Å²) in [5.74, 6) is -1.10. The molecule has 13 heteroatoms. The Bertz CT molecular complexity index is 1210. The summed E-state index contributed by atoms with van der Waals surface area (Å²) >= 11 is 11.6. The molecule has 0 aliphatic heterocycles. The number of hydrogen-bond donors (Lipinski definition) is 2. The molecule has 1 atom stereocenters. The second kappa shape index (κ2) is 9.59. The monoisotopic (exact) mass is 498 g/mol. The SMILES string of the molecule is C=CC(=O)Nc1nc(C(C)NC(=O)c2cc(Cl)cc(C(F)(F)F)c2)n(-c2ccc(Cl)cn2)n1. The molecular weight excluding hydrogens is 484 g/mol. The van der Waals surface area contributed by atoms with E-state index in [1.54, 1.807) is 6.07 Å². The number of carbonyl (C=O) groups is 2. The summed E-state index contributed by atoms with van der Waals surface area (Å²) in [6.45, 7) is 4.87. The Morgan fingerprint density at radius 3 is 2.52 bits per heavy atom. The Balaban J connectivity index is 1.94. The van der Waals surface area contributed by atoms with E-state index in [2.05, 4.69) is 32.3 Å². The van der Waals surface area contributed by atoms with E-state index in [1.165, 1.54) is 23.9 Å². The third kappa shape index (κ3) is 5.88. The lowest BCUT2D eigenvalue weighted by molar-refractivity contribution is -0.137. The standard InChI is InChI=1S/C20H15Cl2F3N6O2/c1-3-16(32)28-19-29-17(31(30-19)15-5-4-13(21)9-26-15)10(2)27-18(33)11-6-12(20(23,24)25)8-14(22)7-11/h3-10H,1H2,2H3,(H,27,33)(H,28,30,32). The fourth-order valence-electron chi connectivity index (χ4n) is 2.71. The lowest BCUT2D eigenvalue weighted by Gasteiger charge is -2.15. The molecule has 1 unspecified atom stereocenters. The number of hydrogen-bond acceptors (Lipinski definition) is 5. The van der Waals surface area contributed by atoms with Gasteiger partial charge in [-0.3, -0.25) is 14.9 Å². The van der Waals surface area contributed by atoms with Crippen LogP contribution in [0.1, 0.15) is 34.7 Å². The van der Waals surface area contributed by atoms with Crippen molar-refractivity contribution in [2.45, 2.75) is 19.1 Å². The first kappa shape index (κ1) is 24.2. The van der Waals surface area contributed by atoms with Gasteiger partial charge in [0.05, 0.1) is 16.6 Å². The van der Waals surface area contributed by atoms with Crippen molar-refractivity contribution >= 4 is 41.0 Å². The van der Waals surface area contributed by atoms with E-state index in [0.29, 0.717) is 11.1 Å². The number of nitrogens with zero attached hydrogens (tertiary/aromatic N) is 4. The molecule has 0 aliphatic rings. The first-order valence-corrected chi connectivity index (χ1v) is 9.94. The number of aromatic nitrogens is 4. The summed E-state index contributed by atoms with van der Waals surface area (Å²) in [4.78, 5) is 32.6. The van der Waals surface area contributed by atoms with Crippen LogP contribution in [-0.4, -0.2) is 31.6 Å². The fourth-order valence-corrected chi connectivity index (χ4v) is 3.06. The number of pyridine rings is 1. The molecule has 2 N–H and O–H groups in total. The summed E-state index contributed by atoms with van der Waals surface area (Å²) < 4.78 is 40.5. The molecule has 0 saturated carbocycles. The minimum absolute atomic E-state index is 0.102. The van der Waals surface area contributed by atoms with E-state index in [1.807, 2.05) is 0 Å². The number of benzene rings is 1. The van der Waals surface area contributed by atoms with Crippen LogP contribution in [0.4, 0.5) is 19.1 Å². The third-order valence-corrected chi connectivity index (χ3v) is 4.65. The molecule has 0 fully saturated rings. The Morgan fingerprint density at radius 2 is 1.91 bits per heavy atom. The molecule has 3 rings (SSSR count). The molecule has 1 aromatic carbocycles. The quantitative estimate of drug-likeness (QED) is 0.483. The van der Waals surface area contributed by atoms with Gasteiger partial charge in [0.25, 0.3) is 5.91 Å². The number of amides is 2. The summed E-state index contributed by atoms with van der Waals surface area (Å²) in [6, 6.07) is 4.73. The van der Waals surface area contributed by atoms with Crippen LogP contribution in [0.2, 0.25) is 10.0 Å². The second-order valence-electron chi connectivity index (χ2n) is 6.65. The first-order chi connectivity index (χ1) is 15.5. The first-order valence-electron chi connectivity index (χ1n) is 9.19. The second-order valence-corrected chi connectivity index (χ2v) is 7.53. The van der Waals surface area contributed by atoms with Gasteiger partial charge in [-0.05, 0) is 43.3 Å². The fraction of sp³-hybridized carbons (Fsp3) is 0.150. The van der Waals surface area contributed by atoms with Crippen molar-refractivity contribution in [3.63, 3.8) is 0 Å². The van der Waals surface area contributed by atoms with Crippen molar-refractivity contribution in [3.05, 3.63) is 76.2 Å². The van der Waals surface area contributed by atoms with Gasteiger partial charge in [-0.25, -0.2) is 4.98 Å². The highest BCUT2D eigenvalue weighted by Gasteiger charge is 2.32. The Kier molecular flexibility index (Phi) is 7.04. The molecule has 2 aromatic heterocycles. The maximum Gasteiger partial charge on any atom is 0.416 e. The highest BCUT2D eigenvalue weighted by Crippen LogP contribution is 2.32. The summed E-state index contributed by atoms with van der Waals surface area (Å²) in [6.07, 6.45) is -2.30. The molecule has 2 amide bonds. The number of rotatable bonds is 6. The van der Waals surface area contributed by atoms with Gasteiger partial charge in [0.2, 0.25) is 11.9 Å². The molecule has 8 nitrogen and oxygen atoms in total. The average molecular weight is 499 g/mol. The Labute approximate surface area is 195 Å². The van der Waals surface area contributed by atoms with Crippen LogP contribution in [0.3, 0.4) is 0 Å². The number of halogens is 5.